The van der Waals surface area contributed by atoms with Gasteiger partial charge in [-0.15, -0.1) is 0 Å². The minimum absolute atomic E-state index is 0.167. The lowest BCUT2D eigenvalue weighted by Gasteiger charge is -2.23. The molecular weight excluding hydrogens is 356 g/mol. The van der Waals surface area contributed by atoms with Gasteiger partial charge in [0.2, 0.25) is 5.88 Å². The lowest BCUT2D eigenvalue weighted by Crippen LogP contribution is -2.08. The molecular formula is C18H15BrN2O2. The summed E-state index contributed by atoms with van der Waals surface area (Å²) in [6, 6.07) is 14.0. The molecule has 1 aromatic heterocycles. The number of para-hydroxylation sites is 1. The topological polar surface area (TPSA) is 47.1 Å². The van der Waals surface area contributed by atoms with Crippen LogP contribution in [0.5, 0.6) is 17.4 Å². The van der Waals surface area contributed by atoms with E-state index in [4.69, 9.17) is 9.47 Å². The van der Waals surface area contributed by atoms with Crippen LogP contribution in [0.2, 0.25) is 0 Å². The third-order valence-electron chi connectivity index (χ3n) is 4.14. The smallest absolute Gasteiger partial charge is 0.241 e. The van der Waals surface area contributed by atoms with Crippen molar-refractivity contribution in [1.82, 2.24) is 9.97 Å². The summed E-state index contributed by atoms with van der Waals surface area (Å²) >= 11 is 3.45. The van der Waals surface area contributed by atoms with Crippen LogP contribution in [0, 0.1) is 0 Å². The maximum Gasteiger partial charge on any atom is 0.241 e. The summed E-state index contributed by atoms with van der Waals surface area (Å²) in [5.74, 6) is 3.08. The maximum atomic E-state index is 6.02. The number of rotatable bonds is 2. The molecule has 0 saturated heterocycles. The van der Waals surface area contributed by atoms with Gasteiger partial charge in [-0.1, -0.05) is 47.1 Å². The minimum Gasteiger partial charge on any atom is -0.493 e. The second-order valence-corrected chi connectivity index (χ2v) is 6.43. The van der Waals surface area contributed by atoms with E-state index in [0.717, 1.165) is 38.6 Å². The van der Waals surface area contributed by atoms with Gasteiger partial charge in [-0.05, 0) is 18.2 Å². The summed E-state index contributed by atoms with van der Waals surface area (Å²) in [7, 11) is 1.65. The van der Waals surface area contributed by atoms with Crippen LogP contribution >= 0.6 is 15.9 Å². The first-order valence-electron chi connectivity index (χ1n) is 7.38. The number of imidazole rings is 1. The van der Waals surface area contributed by atoms with Crippen LogP contribution in [-0.2, 0) is 0 Å². The van der Waals surface area contributed by atoms with Crippen LogP contribution in [-0.4, -0.2) is 17.1 Å². The highest BCUT2D eigenvalue weighted by Crippen LogP contribution is 2.47. The Morgan fingerprint density at radius 3 is 2.70 bits per heavy atom. The number of fused-ring (bicyclic) bond motifs is 2. The van der Waals surface area contributed by atoms with Gasteiger partial charge in [-0.25, -0.2) is 0 Å². The summed E-state index contributed by atoms with van der Waals surface area (Å²) in [5, 5.41) is 0. The monoisotopic (exact) mass is 370 g/mol. The summed E-state index contributed by atoms with van der Waals surface area (Å²) in [6.07, 6.45) is 0. The van der Waals surface area contributed by atoms with E-state index in [9.17, 15) is 0 Å². The number of ether oxygens (including phenoxy) is 2. The molecule has 0 saturated carbocycles. The first kappa shape index (κ1) is 14.3. The Balaban J connectivity index is 1.80. The van der Waals surface area contributed by atoms with Gasteiger partial charge in [0.05, 0.1) is 12.8 Å². The largest absolute Gasteiger partial charge is 0.493 e. The molecule has 3 aromatic rings. The predicted octanol–water partition coefficient (Wildman–Crippen LogP) is 5.11. The number of hydrogen-bond donors (Lipinski definition) is 1. The van der Waals surface area contributed by atoms with E-state index >= 15 is 0 Å². The normalized spacial score (nSPS) is 15.5. The van der Waals surface area contributed by atoms with Crippen LogP contribution < -0.4 is 9.47 Å². The molecule has 1 N–H and O–H groups in total. The highest BCUT2D eigenvalue weighted by atomic mass is 79.9. The number of nitrogens with zero attached hydrogens (tertiary/aromatic N) is 1. The van der Waals surface area contributed by atoms with Crippen molar-refractivity contribution < 1.29 is 9.47 Å². The minimum atomic E-state index is 0.167. The van der Waals surface area contributed by atoms with Crippen molar-refractivity contribution in [2.75, 3.05) is 7.11 Å². The van der Waals surface area contributed by atoms with Gasteiger partial charge >= 0.3 is 0 Å². The lowest BCUT2D eigenvalue weighted by molar-refractivity contribution is 0.363. The fraction of sp³-hybridized carbons (Fsp3) is 0.167. The second-order valence-electron chi connectivity index (χ2n) is 5.51. The zero-order valence-electron chi connectivity index (χ0n) is 12.8. The summed E-state index contributed by atoms with van der Waals surface area (Å²) < 4.78 is 12.5. The molecule has 116 valence electrons. The molecule has 4 nitrogen and oxygen atoms in total. The van der Waals surface area contributed by atoms with Crippen LogP contribution in [0.3, 0.4) is 0 Å². The van der Waals surface area contributed by atoms with Crippen LogP contribution in [0.25, 0.3) is 11.4 Å². The molecule has 5 heteroatoms. The summed E-state index contributed by atoms with van der Waals surface area (Å²) in [5.41, 5.74) is 3.11. The third kappa shape index (κ3) is 2.32. The Kier molecular flexibility index (Phi) is 3.38. The Hall–Kier alpha value is -2.27. The van der Waals surface area contributed by atoms with E-state index < -0.39 is 0 Å². The summed E-state index contributed by atoms with van der Waals surface area (Å²) in [4.78, 5) is 8.03. The maximum absolute atomic E-state index is 6.02. The Morgan fingerprint density at radius 1 is 1.17 bits per heavy atom. The number of nitrogens with one attached hydrogen (secondary N) is 1. The Morgan fingerprint density at radius 2 is 1.96 bits per heavy atom. The van der Waals surface area contributed by atoms with E-state index in [1.807, 2.05) is 36.4 Å². The van der Waals surface area contributed by atoms with Crippen molar-refractivity contribution >= 4 is 15.9 Å². The fourth-order valence-electron chi connectivity index (χ4n) is 2.88. The van der Waals surface area contributed by atoms with E-state index in [-0.39, 0.29) is 5.92 Å². The van der Waals surface area contributed by atoms with Gasteiger partial charge in [0.25, 0.3) is 0 Å². The zero-order valence-corrected chi connectivity index (χ0v) is 14.3. The predicted molar refractivity (Wildman–Crippen MR) is 92.3 cm³/mol. The molecule has 1 aliphatic heterocycles. The van der Waals surface area contributed by atoms with Crippen molar-refractivity contribution in [2.45, 2.75) is 12.8 Å². The first-order valence-corrected chi connectivity index (χ1v) is 8.17. The molecule has 0 amide bonds. The highest BCUT2D eigenvalue weighted by Gasteiger charge is 2.30. The van der Waals surface area contributed by atoms with E-state index in [0.29, 0.717) is 5.88 Å². The van der Waals surface area contributed by atoms with E-state index in [1.54, 1.807) is 7.11 Å². The molecule has 0 aliphatic carbocycles. The van der Waals surface area contributed by atoms with Crippen molar-refractivity contribution in [3.63, 3.8) is 0 Å². The molecule has 23 heavy (non-hydrogen) atoms. The molecule has 0 bridgehead atoms. The second kappa shape index (κ2) is 5.42. The van der Waals surface area contributed by atoms with Crippen LogP contribution in [0.4, 0.5) is 0 Å². The van der Waals surface area contributed by atoms with Crippen LogP contribution in [0.15, 0.2) is 46.9 Å². The molecule has 2 heterocycles. The van der Waals surface area contributed by atoms with Gasteiger partial charge in [0.1, 0.15) is 5.82 Å². The molecule has 0 unspecified atom stereocenters. The number of methoxy groups -OCH3 is 1. The quantitative estimate of drug-likeness (QED) is 0.681. The third-order valence-corrected chi connectivity index (χ3v) is 4.67. The summed E-state index contributed by atoms with van der Waals surface area (Å²) in [6.45, 7) is 2.14. The average Bonchev–Trinajstić information content (AvgIpc) is 2.99. The number of benzene rings is 2. The Labute approximate surface area is 142 Å². The molecule has 0 fully saturated rings. The molecule has 0 spiro atoms. The van der Waals surface area contributed by atoms with Gasteiger partial charge in [0.15, 0.2) is 11.5 Å². The fourth-order valence-corrected chi connectivity index (χ4v) is 3.15. The standard InChI is InChI=1S/C18H15BrN2O2/c1-10-13-4-3-5-14(22-2)16(13)23-18-15(10)20-17(21-18)11-6-8-12(19)9-7-11/h3-10H,1-2H3,(H,20,21)/t10-/m0/s1. The number of H-pyrrole nitrogens is 1. The van der Waals surface area contributed by atoms with Crippen molar-refractivity contribution in [3.8, 4) is 28.8 Å². The van der Waals surface area contributed by atoms with Gasteiger partial charge < -0.3 is 14.5 Å². The van der Waals surface area contributed by atoms with Crippen molar-refractivity contribution in [2.24, 2.45) is 0 Å². The zero-order chi connectivity index (χ0) is 16.0. The molecule has 4 rings (SSSR count). The highest BCUT2D eigenvalue weighted by molar-refractivity contribution is 9.10. The van der Waals surface area contributed by atoms with Crippen molar-refractivity contribution in [3.05, 3.63) is 58.2 Å². The van der Waals surface area contributed by atoms with Gasteiger partial charge in [-0.3, -0.25) is 0 Å². The molecule has 2 aromatic carbocycles. The lowest BCUT2D eigenvalue weighted by atomic mass is 9.95. The van der Waals surface area contributed by atoms with Crippen molar-refractivity contribution in [1.29, 1.82) is 0 Å². The Bertz CT molecular complexity index is 871. The molecule has 0 radical (unpaired) electrons. The first-order chi connectivity index (χ1) is 11.2. The van der Waals surface area contributed by atoms with E-state index in [1.165, 1.54) is 0 Å². The van der Waals surface area contributed by atoms with Gasteiger partial charge in [0, 0.05) is 21.5 Å². The average molecular weight is 371 g/mol. The van der Waals surface area contributed by atoms with E-state index in [2.05, 4.69) is 38.9 Å². The number of aromatic amines is 1. The number of hydrogen-bond acceptors (Lipinski definition) is 3. The molecule has 1 aliphatic rings. The van der Waals surface area contributed by atoms with Gasteiger partial charge in [-0.2, -0.15) is 4.98 Å². The van der Waals surface area contributed by atoms with Crippen LogP contribution in [0.1, 0.15) is 24.1 Å². The molecule has 1 atom stereocenters. The number of halogens is 1. The number of aromatic nitrogens is 2. The SMILES string of the molecule is COc1cccc2c1Oc1nc(-c3ccc(Br)cc3)[nH]c1[C@H]2C.